The fraction of sp³-hybridized carbons (Fsp3) is 0.200. The van der Waals surface area contributed by atoms with Crippen molar-refractivity contribution in [3.63, 3.8) is 0 Å². The predicted molar refractivity (Wildman–Crippen MR) is 59.0 cm³/mol. The molecule has 3 heterocycles. The second-order valence-electron chi connectivity index (χ2n) is 3.16. The van der Waals surface area contributed by atoms with Crippen LogP contribution in [0.1, 0.15) is 5.69 Å². The van der Waals surface area contributed by atoms with E-state index >= 15 is 0 Å². The monoisotopic (exact) mass is 203 g/mol. The minimum absolute atomic E-state index is 0.860. The summed E-state index contributed by atoms with van der Waals surface area (Å²) in [6.07, 6.45) is 0. The molecule has 70 valence electrons. The van der Waals surface area contributed by atoms with Gasteiger partial charge in [0.25, 0.3) is 0 Å². The lowest BCUT2D eigenvalue weighted by Crippen LogP contribution is -2.20. The highest BCUT2D eigenvalue weighted by Crippen LogP contribution is 2.18. The zero-order valence-corrected chi connectivity index (χ0v) is 8.34. The Morgan fingerprint density at radius 3 is 3.14 bits per heavy atom. The molecule has 0 radical (unpaired) electrons. The van der Waals surface area contributed by atoms with E-state index in [0.717, 1.165) is 30.1 Å². The summed E-state index contributed by atoms with van der Waals surface area (Å²) in [5, 5.41) is 5.28. The molecule has 0 bridgehead atoms. The second kappa shape index (κ2) is 3.06. The van der Waals surface area contributed by atoms with Crippen LogP contribution in [0.3, 0.4) is 0 Å². The van der Waals surface area contributed by atoms with Crippen molar-refractivity contribution in [2.45, 2.75) is 0 Å². The third-order valence-electron chi connectivity index (χ3n) is 2.22. The zero-order valence-electron chi connectivity index (χ0n) is 7.53. The molecular formula is C10H9N3S. The molecule has 2 aromatic rings. The Morgan fingerprint density at radius 1 is 1.29 bits per heavy atom. The Morgan fingerprint density at radius 2 is 2.29 bits per heavy atom. The van der Waals surface area contributed by atoms with Crippen LogP contribution in [-0.4, -0.2) is 23.9 Å². The van der Waals surface area contributed by atoms with Crippen molar-refractivity contribution in [2.75, 3.05) is 13.1 Å². The smallest absolute Gasteiger partial charge is 0.147 e. The Kier molecular flexibility index (Phi) is 1.73. The SMILES string of the molecule is c1cc2nc(C3=NCCN3)ccc2s1. The van der Waals surface area contributed by atoms with Crippen LogP contribution in [0, 0.1) is 0 Å². The number of pyridine rings is 1. The molecule has 0 saturated carbocycles. The lowest BCUT2D eigenvalue weighted by Gasteiger charge is -2.00. The minimum Gasteiger partial charge on any atom is -0.367 e. The number of nitrogens with one attached hydrogen (secondary N) is 1. The van der Waals surface area contributed by atoms with E-state index in [9.17, 15) is 0 Å². The largest absolute Gasteiger partial charge is 0.367 e. The van der Waals surface area contributed by atoms with Crippen LogP contribution < -0.4 is 5.32 Å². The molecule has 3 rings (SSSR count). The van der Waals surface area contributed by atoms with Gasteiger partial charge in [-0.3, -0.25) is 4.99 Å². The highest BCUT2D eigenvalue weighted by atomic mass is 32.1. The van der Waals surface area contributed by atoms with Gasteiger partial charge in [0.2, 0.25) is 0 Å². The first kappa shape index (κ1) is 7.94. The summed E-state index contributed by atoms with van der Waals surface area (Å²) in [5.41, 5.74) is 2.01. The van der Waals surface area contributed by atoms with Gasteiger partial charge in [0.1, 0.15) is 11.5 Å². The topological polar surface area (TPSA) is 37.3 Å². The quantitative estimate of drug-likeness (QED) is 0.765. The summed E-state index contributed by atoms with van der Waals surface area (Å²) in [6, 6.07) is 6.17. The number of thiophene rings is 1. The molecule has 4 heteroatoms. The van der Waals surface area contributed by atoms with Crippen molar-refractivity contribution in [1.29, 1.82) is 0 Å². The Hall–Kier alpha value is -1.42. The summed E-state index contributed by atoms with van der Waals surface area (Å²) in [6.45, 7) is 1.79. The van der Waals surface area contributed by atoms with Crippen LogP contribution in [-0.2, 0) is 0 Å². The first-order valence-corrected chi connectivity index (χ1v) is 5.44. The molecule has 0 unspecified atom stereocenters. The number of hydrogen-bond acceptors (Lipinski definition) is 4. The van der Waals surface area contributed by atoms with Gasteiger partial charge in [0, 0.05) is 6.54 Å². The highest BCUT2D eigenvalue weighted by molar-refractivity contribution is 7.17. The molecule has 14 heavy (non-hydrogen) atoms. The molecule has 3 nitrogen and oxygen atoms in total. The van der Waals surface area contributed by atoms with Crippen molar-refractivity contribution in [1.82, 2.24) is 10.3 Å². The van der Waals surface area contributed by atoms with Crippen LogP contribution >= 0.6 is 11.3 Å². The molecule has 1 aliphatic heterocycles. The zero-order chi connectivity index (χ0) is 9.38. The normalized spacial score (nSPS) is 15.6. The Labute approximate surface area is 85.5 Å². The van der Waals surface area contributed by atoms with Gasteiger partial charge in [-0.15, -0.1) is 11.3 Å². The lowest BCUT2D eigenvalue weighted by molar-refractivity contribution is 0.958. The first-order valence-electron chi connectivity index (χ1n) is 4.56. The highest BCUT2D eigenvalue weighted by Gasteiger charge is 2.09. The van der Waals surface area contributed by atoms with Gasteiger partial charge in [-0.25, -0.2) is 4.98 Å². The van der Waals surface area contributed by atoms with Crippen molar-refractivity contribution in [3.05, 3.63) is 29.3 Å². The van der Waals surface area contributed by atoms with E-state index in [4.69, 9.17) is 0 Å². The lowest BCUT2D eigenvalue weighted by atomic mass is 10.3. The molecule has 1 aliphatic rings. The molecular weight excluding hydrogens is 194 g/mol. The second-order valence-corrected chi connectivity index (χ2v) is 4.11. The van der Waals surface area contributed by atoms with Crippen molar-refractivity contribution < 1.29 is 0 Å². The van der Waals surface area contributed by atoms with Gasteiger partial charge in [0.05, 0.1) is 16.8 Å². The average Bonchev–Trinajstić information content (AvgIpc) is 2.88. The molecule has 0 amide bonds. The summed E-state index contributed by atoms with van der Waals surface area (Å²) >= 11 is 1.72. The van der Waals surface area contributed by atoms with Crippen LogP contribution in [0.5, 0.6) is 0 Å². The molecule has 0 spiro atoms. The van der Waals surface area contributed by atoms with E-state index in [-0.39, 0.29) is 0 Å². The third-order valence-corrected chi connectivity index (χ3v) is 3.09. The molecule has 0 fully saturated rings. The maximum atomic E-state index is 4.53. The number of aliphatic imine (C=N–C) groups is 1. The van der Waals surface area contributed by atoms with Crippen LogP contribution in [0.2, 0.25) is 0 Å². The third kappa shape index (κ3) is 1.19. The van der Waals surface area contributed by atoms with Gasteiger partial charge in [0.15, 0.2) is 0 Å². The van der Waals surface area contributed by atoms with E-state index in [2.05, 4.69) is 26.7 Å². The molecule has 0 aromatic carbocycles. The number of rotatable bonds is 1. The minimum atomic E-state index is 0.860. The van der Waals surface area contributed by atoms with Gasteiger partial charge in [-0.1, -0.05) is 0 Å². The summed E-state index contributed by atoms with van der Waals surface area (Å²) in [5.74, 6) is 0.929. The number of amidine groups is 1. The summed E-state index contributed by atoms with van der Waals surface area (Å²) in [4.78, 5) is 8.88. The average molecular weight is 203 g/mol. The Bertz CT molecular complexity index is 501. The Balaban J connectivity index is 2.13. The molecule has 1 N–H and O–H groups in total. The van der Waals surface area contributed by atoms with E-state index in [1.807, 2.05) is 12.1 Å². The summed E-state index contributed by atoms with van der Waals surface area (Å²) < 4.78 is 1.23. The van der Waals surface area contributed by atoms with Crippen LogP contribution in [0.25, 0.3) is 10.2 Å². The van der Waals surface area contributed by atoms with Crippen molar-refractivity contribution >= 4 is 27.4 Å². The van der Waals surface area contributed by atoms with Crippen molar-refractivity contribution in [3.8, 4) is 0 Å². The molecule has 2 aromatic heterocycles. The molecule has 0 atom stereocenters. The van der Waals surface area contributed by atoms with E-state index in [1.165, 1.54) is 4.70 Å². The van der Waals surface area contributed by atoms with Crippen LogP contribution in [0.4, 0.5) is 0 Å². The van der Waals surface area contributed by atoms with E-state index < -0.39 is 0 Å². The van der Waals surface area contributed by atoms with Gasteiger partial charge < -0.3 is 5.32 Å². The van der Waals surface area contributed by atoms with Gasteiger partial charge >= 0.3 is 0 Å². The number of hydrogen-bond donors (Lipinski definition) is 1. The maximum Gasteiger partial charge on any atom is 0.147 e. The fourth-order valence-electron chi connectivity index (χ4n) is 1.55. The fourth-order valence-corrected chi connectivity index (χ4v) is 2.28. The molecule has 0 aliphatic carbocycles. The van der Waals surface area contributed by atoms with Crippen molar-refractivity contribution in [2.24, 2.45) is 4.99 Å². The van der Waals surface area contributed by atoms with E-state index in [0.29, 0.717) is 0 Å². The van der Waals surface area contributed by atoms with E-state index in [1.54, 1.807) is 11.3 Å². The first-order chi connectivity index (χ1) is 6.93. The van der Waals surface area contributed by atoms with Gasteiger partial charge in [-0.2, -0.15) is 0 Å². The van der Waals surface area contributed by atoms with Gasteiger partial charge in [-0.05, 0) is 23.6 Å². The van der Waals surface area contributed by atoms with Crippen LogP contribution in [0.15, 0.2) is 28.6 Å². The standard InChI is InChI=1S/C10H9N3S/c1-2-9-7(3-6-14-9)13-8(1)10-11-4-5-12-10/h1-3,6H,4-5H2,(H,11,12). The maximum absolute atomic E-state index is 4.53. The number of fused-ring (bicyclic) bond motifs is 1. The summed E-state index contributed by atoms with van der Waals surface area (Å²) in [7, 11) is 0. The number of aromatic nitrogens is 1. The molecule has 0 saturated heterocycles. The number of nitrogens with zero attached hydrogens (tertiary/aromatic N) is 2. The predicted octanol–water partition coefficient (Wildman–Crippen LogP) is 1.65.